The molecule has 18 heavy (non-hydrogen) atoms. The van der Waals surface area contributed by atoms with Crippen LogP contribution in [0.3, 0.4) is 0 Å². The molecule has 0 saturated carbocycles. The molecule has 0 amide bonds. The van der Waals surface area contributed by atoms with Crippen molar-refractivity contribution in [3.05, 3.63) is 12.7 Å². The maximum Gasteiger partial charge on any atom is 0.308 e. The van der Waals surface area contributed by atoms with E-state index in [9.17, 15) is 4.79 Å². The van der Waals surface area contributed by atoms with Gasteiger partial charge in [0, 0.05) is 5.92 Å². The maximum absolute atomic E-state index is 11.8. The Hall–Kier alpha value is -0.613. The summed E-state index contributed by atoms with van der Waals surface area (Å²) >= 11 is 0. The lowest BCUT2D eigenvalue weighted by Crippen LogP contribution is -2.55. The van der Waals surface area contributed by atoms with Crippen molar-refractivity contribution in [2.75, 3.05) is 0 Å². The summed E-state index contributed by atoms with van der Waals surface area (Å²) in [7, 11) is -1.72. The first-order chi connectivity index (χ1) is 8.24. The van der Waals surface area contributed by atoms with Crippen LogP contribution in [0.15, 0.2) is 12.7 Å². The van der Waals surface area contributed by atoms with E-state index < -0.39 is 13.9 Å². The topological polar surface area (TPSA) is 35.5 Å². The molecule has 0 aromatic heterocycles. The van der Waals surface area contributed by atoms with E-state index >= 15 is 0 Å². The van der Waals surface area contributed by atoms with Crippen LogP contribution in [0.2, 0.25) is 19.6 Å². The molecule has 104 valence electrons. The van der Waals surface area contributed by atoms with Crippen LogP contribution in [0.4, 0.5) is 0 Å². The molecule has 1 saturated heterocycles. The fraction of sp³-hybridized carbons (Fsp3) is 0.786. The minimum absolute atomic E-state index is 0.0393. The van der Waals surface area contributed by atoms with Gasteiger partial charge in [-0.3, -0.25) is 4.79 Å². The van der Waals surface area contributed by atoms with Crippen LogP contribution in [-0.2, 0) is 14.0 Å². The lowest BCUT2D eigenvalue weighted by atomic mass is 9.77. The fourth-order valence-electron chi connectivity index (χ4n) is 2.78. The van der Waals surface area contributed by atoms with Gasteiger partial charge in [-0.05, 0) is 32.5 Å². The number of carbonyl (C=O) groups excluding carboxylic acids is 1. The van der Waals surface area contributed by atoms with E-state index in [-0.39, 0.29) is 18.0 Å². The van der Waals surface area contributed by atoms with E-state index in [1.54, 1.807) is 0 Å². The van der Waals surface area contributed by atoms with Crippen molar-refractivity contribution < 1.29 is 14.0 Å². The third-order valence-corrected chi connectivity index (χ3v) is 4.53. The Morgan fingerprint density at radius 3 is 2.61 bits per heavy atom. The fourth-order valence-corrected chi connectivity index (χ4v) is 4.34. The van der Waals surface area contributed by atoms with Crippen LogP contribution < -0.4 is 0 Å². The molecule has 0 N–H and O–H groups in total. The van der Waals surface area contributed by atoms with Crippen molar-refractivity contribution in [3.8, 4) is 0 Å². The van der Waals surface area contributed by atoms with Gasteiger partial charge < -0.3 is 9.16 Å². The molecule has 1 aliphatic rings. The highest BCUT2D eigenvalue weighted by atomic mass is 28.4. The van der Waals surface area contributed by atoms with E-state index in [1.165, 1.54) is 0 Å². The second-order valence-corrected chi connectivity index (χ2v) is 10.6. The summed E-state index contributed by atoms with van der Waals surface area (Å²) in [4.78, 5) is 11.8. The van der Waals surface area contributed by atoms with E-state index in [4.69, 9.17) is 9.16 Å². The quantitative estimate of drug-likeness (QED) is 0.435. The minimum Gasteiger partial charge on any atom is -0.462 e. The highest BCUT2D eigenvalue weighted by Crippen LogP contribution is 2.40. The number of esters is 1. The van der Waals surface area contributed by atoms with Gasteiger partial charge in [0.1, 0.15) is 6.10 Å². The minimum atomic E-state index is -1.72. The van der Waals surface area contributed by atoms with Gasteiger partial charge in [-0.25, -0.2) is 0 Å². The van der Waals surface area contributed by atoms with Crippen molar-refractivity contribution >= 4 is 14.3 Å². The van der Waals surface area contributed by atoms with Crippen molar-refractivity contribution in [2.24, 2.45) is 5.92 Å². The second-order valence-electron chi connectivity index (χ2n) is 6.17. The van der Waals surface area contributed by atoms with E-state index in [2.05, 4.69) is 33.1 Å². The molecule has 0 aromatic carbocycles. The van der Waals surface area contributed by atoms with Gasteiger partial charge in [-0.15, -0.1) is 6.58 Å². The molecule has 0 radical (unpaired) electrons. The first-order valence-corrected chi connectivity index (χ1v) is 10.2. The van der Waals surface area contributed by atoms with Crippen LogP contribution >= 0.6 is 0 Å². The maximum atomic E-state index is 11.8. The number of cyclic esters (lactones) is 1. The van der Waals surface area contributed by atoms with Crippen molar-refractivity contribution in [2.45, 2.75) is 64.5 Å². The number of ether oxygens (including phenoxy) is 1. The number of carbonyl (C=O) groups is 1. The van der Waals surface area contributed by atoms with Crippen LogP contribution in [0.5, 0.6) is 0 Å². The first kappa shape index (κ1) is 15.4. The molecule has 3 nitrogen and oxygen atoms in total. The lowest BCUT2D eigenvalue weighted by Gasteiger charge is -2.48. The molecule has 1 fully saturated rings. The Kier molecular flexibility index (Phi) is 4.78. The number of hydrogen-bond acceptors (Lipinski definition) is 3. The average molecular weight is 270 g/mol. The summed E-state index contributed by atoms with van der Waals surface area (Å²) < 4.78 is 11.8. The normalized spacial score (nSPS) is 33.1. The van der Waals surface area contributed by atoms with Gasteiger partial charge in [-0.1, -0.05) is 19.9 Å². The zero-order valence-corrected chi connectivity index (χ0v) is 13.3. The molecule has 3 atom stereocenters. The monoisotopic (exact) mass is 270 g/mol. The molecular formula is C14H26O3Si. The average Bonchev–Trinajstić information content (AvgIpc) is 2.21. The predicted molar refractivity (Wildman–Crippen MR) is 75.9 cm³/mol. The summed E-state index contributed by atoms with van der Waals surface area (Å²) in [6.45, 7) is 14.5. The Balaban J connectivity index is 3.05. The molecule has 0 aromatic rings. The van der Waals surface area contributed by atoms with E-state index in [0.29, 0.717) is 12.8 Å². The Morgan fingerprint density at radius 2 is 2.17 bits per heavy atom. The van der Waals surface area contributed by atoms with Gasteiger partial charge in [0.2, 0.25) is 0 Å². The molecule has 0 spiro atoms. The molecular weight excluding hydrogens is 244 g/mol. The summed E-state index contributed by atoms with van der Waals surface area (Å²) in [6, 6.07) is 0. The Labute approximate surface area is 112 Å². The standard InChI is InChI=1S/C14H26O3Si/c1-7-9-14(17-18(4,5)6)10-13(15)16-12(8-2)11(14)3/h7,11-12H,1,8-10H2,2-6H3/t11?,12-,14-/m0/s1. The zero-order valence-electron chi connectivity index (χ0n) is 12.3. The Bertz CT molecular complexity index is 321. The summed E-state index contributed by atoms with van der Waals surface area (Å²) in [5.74, 6) is 0.0741. The molecule has 1 aliphatic heterocycles. The zero-order chi connectivity index (χ0) is 14.0. The van der Waals surface area contributed by atoms with Crippen LogP contribution in [0.1, 0.15) is 33.1 Å². The third kappa shape index (κ3) is 3.45. The summed E-state index contributed by atoms with van der Waals surface area (Å²) in [6.07, 6.45) is 3.72. The molecule has 4 heteroatoms. The molecule has 1 heterocycles. The van der Waals surface area contributed by atoms with Crippen molar-refractivity contribution in [1.29, 1.82) is 0 Å². The lowest BCUT2D eigenvalue weighted by molar-refractivity contribution is -0.179. The second kappa shape index (κ2) is 5.57. The van der Waals surface area contributed by atoms with Gasteiger partial charge in [-0.2, -0.15) is 0 Å². The van der Waals surface area contributed by atoms with E-state index in [0.717, 1.165) is 6.42 Å². The smallest absolute Gasteiger partial charge is 0.308 e. The largest absolute Gasteiger partial charge is 0.462 e. The summed E-state index contributed by atoms with van der Waals surface area (Å²) in [5, 5.41) is 0. The molecule has 0 bridgehead atoms. The van der Waals surface area contributed by atoms with Crippen molar-refractivity contribution in [3.63, 3.8) is 0 Å². The van der Waals surface area contributed by atoms with Crippen LogP contribution in [-0.4, -0.2) is 26.0 Å². The van der Waals surface area contributed by atoms with Crippen molar-refractivity contribution in [1.82, 2.24) is 0 Å². The predicted octanol–water partition coefficient (Wildman–Crippen LogP) is 3.51. The number of hydrogen-bond donors (Lipinski definition) is 0. The van der Waals surface area contributed by atoms with Gasteiger partial charge in [0.15, 0.2) is 8.32 Å². The van der Waals surface area contributed by atoms with Gasteiger partial charge in [0.05, 0.1) is 12.0 Å². The molecule has 1 unspecified atom stereocenters. The summed E-state index contributed by atoms with van der Waals surface area (Å²) in [5.41, 5.74) is -0.414. The van der Waals surface area contributed by atoms with E-state index in [1.807, 2.05) is 13.0 Å². The Morgan fingerprint density at radius 1 is 1.56 bits per heavy atom. The third-order valence-electron chi connectivity index (χ3n) is 3.52. The highest BCUT2D eigenvalue weighted by Gasteiger charge is 2.49. The van der Waals surface area contributed by atoms with Crippen LogP contribution in [0.25, 0.3) is 0 Å². The SMILES string of the molecule is C=CC[C@]1(O[Si](C)(C)C)CC(=O)O[C@@H](CC)C1C. The molecule has 0 aliphatic carbocycles. The van der Waals surface area contributed by atoms with Gasteiger partial charge in [0.25, 0.3) is 0 Å². The first-order valence-electron chi connectivity index (χ1n) is 6.74. The van der Waals surface area contributed by atoms with Crippen LogP contribution in [0, 0.1) is 5.92 Å². The van der Waals surface area contributed by atoms with Gasteiger partial charge >= 0.3 is 5.97 Å². The molecule has 1 rings (SSSR count). The number of rotatable bonds is 5. The highest BCUT2D eigenvalue weighted by molar-refractivity contribution is 6.69.